The van der Waals surface area contributed by atoms with Gasteiger partial charge in [0.1, 0.15) is 6.07 Å². The summed E-state index contributed by atoms with van der Waals surface area (Å²) in [5.41, 5.74) is 0.873. The Morgan fingerprint density at radius 3 is 2.60 bits per heavy atom. The summed E-state index contributed by atoms with van der Waals surface area (Å²) in [6.45, 7) is 5.26. The average molecular weight is 135 g/mol. The molecule has 0 unspecified atom stereocenters. The Labute approximate surface area is 60.4 Å². The van der Waals surface area contributed by atoms with Gasteiger partial charge in [-0.05, 0) is 6.92 Å². The minimum absolute atomic E-state index is 0.341. The molecule has 0 aliphatic rings. The SMILES string of the molecule is C=C(C#N)/C(=C/C)N=NC. The Morgan fingerprint density at radius 1 is 1.70 bits per heavy atom. The van der Waals surface area contributed by atoms with Gasteiger partial charge in [-0.15, -0.1) is 0 Å². The minimum Gasteiger partial charge on any atom is -0.192 e. The third kappa shape index (κ3) is 2.23. The van der Waals surface area contributed by atoms with Crippen LogP contribution in [0.4, 0.5) is 0 Å². The molecule has 0 bridgehead atoms. The van der Waals surface area contributed by atoms with Crippen LogP contribution in [-0.2, 0) is 0 Å². The topological polar surface area (TPSA) is 48.5 Å². The van der Waals surface area contributed by atoms with Crippen molar-refractivity contribution in [2.45, 2.75) is 6.92 Å². The van der Waals surface area contributed by atoms with E-state index in [1.165, 1.54) is 0 Å². The lowest BCUT2D eigenvalue weighted by molar-refractivity contribution is 1.10. The largest absolute Gasteiger partial charge is 0.192 e. The maximum atomic E-state index is 8.37. The van der Waals surface area contributed by atoms with E-state index in [1.807, 2.05) is 6.07 Å². The molecule has 0 aliphatic heterocycles. The number of allylic oxidation sites excluding steroid dienone is 2. The summed E-state index contributed by atoms with van der Waals surface area (Å²) in [5.74, 6) is 0. The Kier molecular flexibility index (Phi) is 3.81. The van der Waals surface area contributed by atoms with Crippen LogP contribution in [0.25, 0.3) is 0 Å². The summed E-state index contributed by atoms with van der Waals surface area (Å²) < 4.78 is 0. The fraction of sp³-hybridized carbons (Fsp3) is 0.286. The van der Waals surface area contributed by atoms with Crippen LogP contribution in [0.5, 0.6) is 0 Å². The highest BCUT2D eigenvalue weighted by Crippen LogP contribution is 2.07. The number of hydrogen-bond acceptors (Lipinski definition) is 3. The second kappa shape index (κ2) is 4.45. The third-order valence-electron chi connectivity index (χ3n) is 0.925. The van der Waals surface area contributed by atoms with Gasteiger partial charge in [0, 0.05) is 7.05 Å². The van der Waals surface area contributed by atoms with Gasteiger partial charge in [0.05, 0.1) is 11.3 Å². The Hall–Kier alpha value is -1.43. The quantitative estimate of drug-likeness (QED) is 0.324. The monoisotopic (exact) mass is 135 g/mol. The van der Waals surface area contributed by atoms with Crippen molar-refractivity contribution in [3.63, 3.8) is 0 Å². The molecular weight excluding hydrogens is 126 g/mol. The van der Waals surface area contributed by atoms with Crippen LogP contribution in [0.1, 0.15) is 6.92 Å². The first-order valence-corrected chi connectivity index (χ1v) is 2.81. The lowest BCUT2D eigenvalue weighted by Gasteiger charge is -1.90. The first kappa shape index (κ1) is 8.57. The smallest absolute Gasteiger partial charge is 0.101 e. The van der Waals surface area contributed by atoms with E-state index in [9.17, 15) is 0 Å². The molecule has 0 aliphatic carbocycles. The highest BCUT2D eigenvalue weighted by Gasteiger charge is 1.95. The third-order valence-corrected chi connectivity index (χ3v) is 0.925. The van der Waals surface area contributed by atoms with Gasteiger partial charge in [0.25, 0.3) is 0 Å². The maximum Gasteiger partial charge on any atom is 0.101 e. The van der Waals surface area contributed by atoms with Crippen LogP contribution in [0.15, 0.2) is 34.2 Å². The van der Waals surface area contributed by atoms with Crippen LogP contribution in [0.2, 0.25) is 0 Å². The van der Waals surface area contributed by atoms with Crippen molar-refractivity contribution < 1.29 is 0 Å². The number of hydrogen-bond donors (Lipinski definition) is 0. The van der Waals surface area contributed by atoms with Gasteiger partial charge in [-0.1, -0.05) is 12.7 Å². The number of nitrogens with zero attached hydrogens (tertiary/aromatic N) is 3. The molecule has 0 heterocycles. The summed E-state index contributed by atoms with van der Waals surface area (Å²) in [6, 6.07) is 1.88. The zero-order valence-corrected chi connectivity index (χ0v) is 6.13. The van der Waals surface area contributed by atoms with Crippen molar-refractivity contribution in [2.75, 3.05) is 7.05 Å². The molecule has 0 aromatic carbocycles. The first-order valence-electron chi connectivity index (χ1n) is 2.81. The van der Waals surface area contributed by atoms with E-state index in [2.05, 4.69) is 16.8 Å². The van der Waals surface area contributed by atoms with Gasteiger partial charge < -0.3 is 0 Å². The molecule has 0 fully saturated rings. The summed E-state index contributed by atoms with van der Waals surface area (Å²) in [5, 5.41) is 15.6. The summed E-state index contributed by atoms with van der Waals surface area (Å²) in [7, 11) is 1.55. The summed E-state index contributed by atoms with van der Waals surface area (Å²) in [6.07, 6.45) is 1.69. The Balaban J connectivity index is 4.43. The van der Waals surface area contributed by atoms with E-state index in [-0.39, 0.29) is 0 Å². The zero-order chi connectivity index (χ0) is 7.98. The van der Waals surface area contributed by atoms with Crippen molar-refractivity contribution in [1.82, 2.24) is 0 Å². The summed E-state index contributed by atoms with van der Waals surface area (Å²) >= 11 is 0. The fourth-order valence-corrected chi connectivity index (χ4v) is 0.457. The van der Waals surface area contributed by atoms with Gasteiger partial charge in [0.2, 0.25) is 0 Å². The van der Waals surface area contributed by atoms with E-state index in [1.54, 1.807) is 20.0 Å². The van der Waals surface area contributed by atoms with Crippen LogP contribution in [-0.4, -0.2) is 7.05 Å². The van der Waals surface area contributed by atoms with Crippen LogP contribution >= 0.6 is 0 Å². The van der Waals surface area contributed by atoms with Crippen molar-refractivity contribution >= 4 is 0 Å². The highest BCUT2D eigenvalue weighted by molar-refractivity contribution is 5.37. The predicted molar refractivity (Wildman–Crippen MR) is 39.3 cm³/mol. The van der Waals surface area contributed by atoms with E-state index in [4.69, 9.17) is 5.26 Å². The highest BCUT2D eigenvalue weighted by atomic mass is 15.1. The first-order chi connectivity index (χ1) is 4.76. The molecule has 0 aromatic heterocycles. The van der Waals surface area contributed by atoms with Gasteiger partial charge in [0.15, 0.2) is 0 Å². The number of azo groups is 1. The molecule has 0 rings (SSSR count). The standard InChI is InChI=1S/C7H9N3/c1-4-7(10-9-3)6(2)5-8/h4H,2H2,1,3H3/b7-4-,10-9?. The van der Waals surface area contributed by atoms with E-state index >= 15 is 0 Å². The average Bonchev–Trinajstić information content (AvgIpc) is 1.99. The molecule has 0 saturated heterocycles. The molecule has 0 saturated carbocycles. The molecule has 0 radical (unpaired) electrons. The zero-order valence-electron chi connectivity index (χ0n) is 6.13. The van der Waals surface area contributed by atoms with Crippen molar-refractivity contribution in [2.24, 2.45) is 10.2 Å². The van der Waals surface area contributed by atoms with Gasteiger partial charge in [-0.25, -0.2) is 0 Å². The lowest BCUT2D eigenvalue weighted by Crippen LogP contribution is -1.78. The predicted octanol–water partition coefficient (Wildman–Crippen LogP) is 2.05. The number of rotatable bonds is 2. The molecule has 3 nitrogen and oxygen atoms in total. The Morgan fingerprint density at radius 2 is 2.30 bits per heavy atom. The van der Waals surface area contributed by atoms with E-state index in [0.717, 1.165) is 0 Å². The van der Waals surface area contributed by atoms with Gasteiger partial charge in [-0.3, -0.25) is 0 Å². The Bertz CT molecular complexity index is 217. The molecule has 0 aromatic rings. The minimum atomic E-state index is 0.341. The molecule has 0 amide bonds. The van der Waals surface area contributed by atoms with Crippen molar-refractivity contribution in [3.05, 3.63) is 23.9 Å². The van der Waals surface area contributed by atoms with E-state index in [0.29, 0.717) is 11.3 Å². The molecule has 10 heavy (non-hydrogen) atoms. The van der Waals surface area contributed by atoms with E-state index < -0.39 is 0 Å². The molecular formula is C7H9N3. The molecule has 52 valence electrons. The second-order valence-corrected chi connectivity index (χ2v) is 1.56. The fourth-order valence-electron chi connectivity index (χ4n) is 0.457. The van der Waals surface area contributed by atoms with Crippen LogP contribution < -0.4 is 0 Å². The molecule has 3 heteroatoms. The van der Waals surface area contributed by atoms with Gasteiger partial charge >= 0.3 is 0 Å². The van der Waals surface area contributed by atoms with Crippen molar-refractivity contribution in [1.29, 1.82) is 5.26 Å². The molecule has 0 N–H and O–H groups in total. The summed E-state index contributed by atoms with van der Waals surface area (Å²) in [4.78, 5) is 0. The van der Waals surface area contributed by atoms with Gasteiger partial charge in [-0.2, -0.15) is 15.5 Å². The van der Waals surface area contributed by atoms with Crippen LogP contribution in [0.3, 0.4) is 0 Å². The maximum absolute atomic E-state index is 8.37. The second-order valence-electron chi connectivity index (χ2n) is 1.56. The molecule has 0 spiro atoms. The lowest BCUT2D eigenvalue weighted by atomic mass is 10.2. The van der Waals surface area contributed by atoms with Crippen LogP contribution in [0, 0.1) is 11.3 Å². The van der Waals surface area contributed by atoms with Crippen molar-refractivity contribution in [3.8, 4) is 6.07 Å². The normalized spacial score (nSPS) is 11.5. The number of nitriles is 1. The molecule has 0 atom stereocenters.